The number of hydrogen-bond acceptors (Lipinski definition) is 16. The highest BCUT2D eigenvalue weighted by Crippen LogP contribution is 2.43. The third-order valence-corrected chi connectivity index (χ3v) is 12.9. The van der Waals surface area contributed by atoms with Crippen LogP contribution in [0.2, 0.25) is 0 Å². The molecule has 0 aliphatic heterocycles. The molecule has 0 saturated heterocycles. The van der Waals surface area contributed by atoms with Crippen molar-refractivity contribution in [2.45, 2.75) is 25.2 Å². The predicted octanol–water partition coefficient (Wildman–Crippen LogP) is 13.5. The fraction of sp³-hybridized carbons (Fsp3) is 0.135. The number of hydrogen-bond donors (Lipinski definition) is 5. The Labute approximate surface area is 419 Å². The van der Waals surface area contributed by atoms with Crippen molar-refractivity contribution in [1.82, 2.24) is 0 Å². The number of aromatic hydroxyl groups is 1. The average Bonchev–Trinajstić information content (AvgIpc) is 3.36. The third-order valence-electron chi connectivity index (χ3n) is 11.2. The number of phenolic OH excluding ortho intramolecular Hbond substituents is 1. The Kier molecular flexibility index (Phi) is 15.1. The Balaban J connectivity index is 0.937. The van der Waals surface area contributed by atoms with Crippen LogP contribution in [-0.4, -0.2) is 63.5 Å². The maximum absolute atomic E-state index is 13.4. The van der Waals surface area contributed by atoms with Gasteiger partial charge in [0.15, 0.2) is 5.75 Å². The molecule has 8 aromatic rings. The smallest absolute Gasteiger partial charge is 0.296 e. The summed E-state index contributed by atoms with van der Waals surface area (Å²) in [6.07, 6.45) is -0.0172. The van der Waals surface area contributed by atoms with Gasteiger partial charge in [-0.15, -0.1) is 15.3 Å². The molecule has 5 N–H and O–H groups in total. The molecule has 0 bridgehead atoms. The molecule has 21 heteroatoms. The fourth-order valence-electron chi connectivity index (χ4n) is 7.51. The van der Waals surface area contributed by atoms with E-state index in [0.29, 0.717) is 56.1 Å². The largest absolute Gasteiger partial charge is 0.505 e. The summed E-state index contributed by atoms with van der Waals surface area (Å²) in [6, 6.07) is 39.0. The first-order chi connectivity index (χ1) is 35.0. The van der Waals surface area contributed by atoms with Crippen LogP contribution in [0, 0.1) is 13.8 Å². The van der Waals surface area contributed by atoms with E-state index in [4.69, 9.17) is 18.8 Å². The molecule has 0 saturated carbocycles. The number of para-hydroxylation sites is 1. The van der Waals surface area contributed by atoms with Gasteiger partial charge in [-0.1, -0.05) is 36.4 Å². The molecule has 0 heterocycles. The molecule has 8 rings (SSSR count). The van der Waals surface area contributed by atoms with Crippen molar-refractivity contribution >= 4 is 98.9 Å². The van der Waals surface area contributed by atoms with Crippen LogP contribution in [0.4, 0.5) is 51.2 Å². The zero-order valence-electron chi connectivity index (χ0n) is 39.5. The molecule has 0 spiro atoms. The lowest BCUT2D eigenvalue weighted by atomic mass is 10.1. The van der Waals surface area contributed by atoms with Gasteiger partial charge in [-0.05, 0) is 133 Å². The summed E-state index contributed by atoms with van der Waals surface area (Å²) >= 11 is 0. The molecule has 73 heavy (non-hydrogen) atoms. The Morgan fingerprint density at radius 2 is 1.19 bits per heavy atom. The molecule has 1 amide bonds. The second-order valence-corrected chi connectivity index (χ2v) is 19.3. The number of fused-ring (bicyclic) bond motifs is 2. The van der Waals surface area contributed by atoms with Gasteiger partial charge in [0.05, 0.1) is 49.3 Å². The van der Waals surface area contributed by atoms with E-state index in [-0.39, 0.29) is 41.5 Å². The number of methoxy groups -OCH3 is 2. The summed E-state index contributed by atoms with van der Waals surface area (Å²) in [4.78, 5) is 12.9. The number of benzene rings is 8. The van der Waals surface area contributed by atoms with Crippen LogP contribution >= 0.6 is 0 Å². The van der Waals surface area contributed by atoms with Crippen molar-refractivity contribution < 1.29 is 50.1 Å². The first-order valence-electron chi connectivity index (χ1n) is 22.2. The minimum atomic E-state index is -4.81. The SMILES string of the molecule is COc1cc(N=Nc2ccc3cc(Nc4ccccc4)ccc3c2O)c(OC)cc1N=Nc1cc(C)c(N=Nc2ccc(C(=O)Nc3cc4c(OCCCS(=O)(=O)O)cccc4cc3S(=O)(=O)O)cc2)cc1C. The average molecular weight is 1020 g/mol. The zero-order valence-corrected chi connectivity index (χ0v) is 41.1. The number of azo groups is 3. The topological polar surface area (TPSA) is 272 Å². The van der Waals surface area contributed by atoms with E-state index in [1.54, 1.807) is 60.7 Å². The van der Waals surface area contributed by atoms with E-state index >= 15 is 0 Å². The van der Waals surface area contributed by atoms with Gasteiger partial charge in [-0.2, -0.15) is 32.2 Å². The summed E-state index contributed by atoms with van der Waals surface area (Å²) in [5.74, 6) is -0.313. The number of carbonyl (C=O) groups excluding carboxylic acids is 1. The lowest BCUT2D eigenvalue weighted by Crippen LogP contribution is -2.15. The van der Waals surface area contributed by atoms with Gasteiger partial charge < -0.3 is 30.0 Å². The quantitative estimate of drug-likeness (QED) is 0.0305. The number of nitrogens with zero attached hydrogens (tertiary/aromatic N) is 6. The maximum Gasteiger partial charge on any atom is 0.296 e. The summed E-state index contributed by atoms with van der Waals surface area (Å²) in [5, 5.41) is 45.6. The molecule has 0 atom stereocenters. The molecule has 0 fully saturated rings. The molecule has 0 aromatic heterocycles. The van der Waals surface area contributed by atoms with Crippen molar-refractivity contribution in [2.75, 3.05) is 37.2 Å². The molecule has 0 aliphatic rings. The number of amides is 1. The predicted molar refractivity (Wildman–Crippen MR) is 278 cm³/mol. The lowest BCUT2D eigenvalue weighted by molar-refractivity contribution is 0.102. The summed E-state index contributed by atoms with van der Waals surface area (Å²) in [6.45, 7) is 3.60. The van der Waals surface area contributed by atoms with E-state index in [1.165, 1.54) is 38.5 Å². The Morgan fingerprint density at radius 1 is 0.575 bits per heavy atom. The Hall–Kier alpha value is -8.63. The Morgan fingerprint density at radius 3 is 1.82 bits per heavy atom. The number of rotatable bonds is 18. The molecular formula is C52H46N8O11S2. The summed E-state index contributed by atoms with van der Waals surface area (Å²) < 4.78 is 83.1. The van der Waals surface area contributed by atoms with Crippen LogP contribution in [-0.2, 0) is 20.2 Å². The number of aryl methyl sites for hydroxylation is 2. The number of phenols is 1. The molecule has 19 nitrogen and oxygen atoms in total. The first kappa shape index (κ1) is 50.7. The van der Waals surface area contributed by atoms with E-state index in [0.717, 1.165) is 27.9 Å². The normalized spacial score (nSPS) is 12.0. The van der Waals surface area contributed by atoms with Crippen LogP contribution in [0.25, 0.3) is 21.5 Å². The van der Waals surface area contributed by atoms with Gasteiger partial charge in [0.1, 0.15) is 39.2 Å². The van der Waals surface area contributed by atoms with E-state index < -0.39 is 36.8 Å². The fourth-order valence-corrected chi connectivity index (χ4v) is 8.66. The molecule has 0 unspecified atom stereocenters. The van der Waals surface area contributed by atoms with Crippen LogP contribution in [0.15, 0.2) is 175 Å². The van der Waals surface area contributed by atoms with Crippen LogP contribution < -0.4 is 24.8 Å². The van der Waals surface area contributed by atoms with Crippen molar-refractivity contribution in [2.24, 2.45) is 30.7 Å². The van der Waals surface area contributed by atoms with Gasteiger partial charge >= 0.3 is 0 Å². The minimum absolute atomic E-state index is 0.0172. The minimum Gasteiger partial charge on any atom is -0.505 e. The highest BCUT2D eigenvalue weighted by atomic mass is 32.2. The molecule has 8 aromatic carbocycles. The maximum atomic E-state index is 13.4. The number of carbonyl (C=O) groups is 1. The molecule has 0 radical (unpaired) electrons. The monoisotopic (exact) mass is 1020 g/mol. The van der Waals surface area contributed by atoms with Gasteiger partial charge in [0.2, 0.25) is 0 Å². The summed E-state index contributed by atoms with van der Waals surface area (Å²) in [5.41, 5.74) is 5.63. The van der Waals surface area contributed by atoms with E-state index in [2.05, 4.69) is 41.3 Å². The second kappa shape index (κ2) is 21.8. The van der Waals surface area contributed by atoms with Crippen molar-refractivity contribution in [3.8, 4) is 23.0 Å². The third kappa shape index (κ3) is 12.5. The van der Waals surface area contributed by atoms with E-state index in [1.807, 2.05) is 68.4 Å². The van der Waals surface area contributed by atoms with Crippen LogP contribution in [0.3, 0.4) is 0 Å². The molecular weight excluding hydrogens is 977 g/mol. The number of ether oxygens (including phenoxy) is 3. The van der Waals surface area contributed by atoms with Crippen molar-refractivity contribution in [1.29, 1.82) is 0 Å². The Bertz CT molecular complexity index is 3720. The number of anilines is 3. The van der Waals surface area contributed by atoms with Crippen LogP contribution in [0.5, 0.6) is 23.0 Å². The first-order valence-corrected chi connectivity index (χ1v) is 25.2. The van der Waals surface area contributed by atoms with E-state index in [9.17, 15) is 31.3 Å². The van der Waals surface area contributed by atoms with Gasteiger partial charge in [-0.3, -0.25) is 13.9 Å². The van der Waals surface area contributed by atoms with Crippen LogP contribution in [0.1, 0.15) is 27.9 Å². The number of nitrogens with one attached hydrogen (secondary N) is 2. The highest BCUT2D eigenvalue weighted by Gasteiger charge is 2.21. The van der Waals surface area contributed by atoms with Crippen molar-refractivity contribution in [3.63, 3.8) is 0 Å². The highest BCUT2D eigenvalue weighted by molar-refractivity contribution is 7.86. The zero-order chi connectivity index (χ0) is 51.9. The second-order valence-electron chi connectivity index (χ2n) is 16.4. The van der Waals surface area contributed by atoms with Crippen molar-refractivity contribution in [3.05, 3.63) is 156 Å². The molecule has 0 aliphatic carbocycles. The standard InChI is InChI=1S/C52H46N8O11S2/c1-31-25-43(58-60-45-30-48(69-3)44(29-49(45)70-4)59-56-41-21-16-35-26-38(19-20-39(35)51(41)61)53-36-11-6-5-7-12-36)32(2)24-42(31)57-55-37-17-14-33(15-18-37)52(62)54-46-28-40-34(27-50(46)73(66,67)68)10-8-13-47(40)71-22-9-23-72(63,64)65/h5-8,10-21,24-30,53,61H,9,22-23H2,1-4H3,(H,54,62)(H,63,64,65)(H,66,67,68). The van der Waals surface area contributed by atoms with Gasteiger partial charge in [0.25, 0.3) is 26.1 Å². The van der Waals surface area contributed by atoms with Gasteiger partial charge in [-0.25, -0.2) is 0 Å². The lowest BCUT2D eigenvalue weighted by Gasteiger charge is -2.14. The van der Waals surface area contributed by atoms with Gasteiger partial charge in [0, 0.05) is 39.8 Å². The summed E-state index contributed by atoms with van der Waals surface area (Å²) in [7, 11) is -6.03. The molecule has 372 valence electrons.